The number of hydrogen-bond donors (Lipinski definition) is 0. The summed E-state index contributed by atoms with van der Waals surface area (Å²) < 4.78 is 31.6. The molecule has 0 spiro atoms. The fourth-order valence-electron chi connectivity index (χ4n) is 0.860. The predicted molar refractivity (Wildman–Crippen MR) is 66.8 cm³/mol. The van der Waals surface area contributed by atoms with Gasteiger partial charge in [0.15, 0.2) is 0 Å². The quantitative estimate of drug-likeness (QED) is 0.212. The maximum absolute atomic E-state index is 12.0. The highest BCUT2D eigenvalue weighted by Crippen LogP contribution is 2.50. The van der Waals surface area contributed by atoms with Crippen LogP contribution in [0.2, 0.25) is 0 Å². The van der Waals surface area contributed by atoms with E-state index in [0.717, 1.165) is 0 Å². The molecule has 1 unspecified atom stereocenters. The fraction of sp³-hybridized carbons (Fsp3) is 0.545. The lowest BCUT2D eigenvalue weighted by Crippen LogP contribution is -2.19. The standard InChI is InChI=1S/C11H19O6P/c1-6-10(16-11(12)9(4)5)17-18(13,14-7-2)15-8-3/h6,10H,1,4,7-8H2,2-3,5H3. The number of ether oxygens (including phenoxy) is 1. The molecule has 0 aromatic heterocycles. The first-order valence-corrected chi connectivity index (χ1v) is 6.91. The molecular formula is C11H19O6P. The van der Waals surface area contributed by atoms with E-state index in [1.165, 1.54) is 13.0 Å². The Morgan fingerprint density at radius 1 is 1.33 bits per heavy atom. The van der Waals surface area contributed by atoms with E-state index >= 15 is 0 Å². The first-order valence-electron chi connectivity index (χ1n) is 5.45. The van der Waals surface area contributed by atoms with Gasteiger partial charge < -0.3 is 4.74 Å². The number of hydrogen-bond acceptors (Lipinski definition) is 6. The van der Waals surface area contributed by atoms with Gasteiger partial charge in [-0.1, -0.05) is 13.2 Å². The van der Waals surface area contributed by atoms with Gasteiger partial charge in [-0.15, -0.1) is 0 Å². The van der Waals surface area contributed by atoms with Crippen molar-refractivity contribution in [3.05, 3.63) is 24.8 Å². The number of phosphoric ester groups is 1. The Labute approximate surface area is 107 Å². The second kappa shape index (κ2) is 8.21. The van der Waals surface area contributed by atoms with Gasteiger partial charge in [-0.25, -0.2) is 13.9 Å². The van der Waals surface area contributed by atoms with Crippen LogP contribution in [0.3, 0.4) is 0 Å². The van der Waals surface area contributed by atoms with E-state index < -0.39 is 20.1 Å². The van der Waals surface area contributed by atoms with Crippen molar-refractivity contribution in [1.29, 1.82) is 0 Å². The average Bonchev–Trinajstić information content (AvgIpc) is 2.28. The van der Waals surface area contributed by atoms with Crippen LogP contribution >= 0.6 is 7.82 Å². The summed E-state index contributed by atoms with van der Waals surface area (Å²) in [5.41, 5.74) is 0.188. The minimum atomic E-state index is -3.76. The topological polar surface area (TPSA) is 71.1 Å². The molecule has 0 heterocycles. The minimum Gasteiger partial charge on any atom is -0.428 e. The zero-order chi connectivity index (χ0) is 14.2. The maximum Gasteiger partial charge on any atom is 0.478 e. The van der Waals surface area contributed by atoms with Crippen LogP contribution in [0.1, 0.15) is 20.8 Å². The van der Waals surface area contributed by atoms with E-state index in [9.17, 15) is 9.36 Å². The molecule has 18 heavy (non-hydrogen) atoms. The van der Waals surface area contributed by atoms with Crippen LogP contribution in [0, 0.1) is 0 Å². The van der Waals surface area contributed by atoms with Crippen LogP contribution in [0.25, 0.3) is 0 Å². The molecule has 104 valence electrons. The summed E-state index contributed by atoms with van der Waals surface area (Å²) in [6.07, 6.45) is -0.0518. The molecule has 0 aliphatic heterocycles. The Hall–Kier alpha value is -0.940. The average molecular weight is 278 g/mol. The van der Waals surface area contributed by atoms with Crippen molar-refractivity contribution in [1.82, 2.24) is 0 Å². The summed E-state index contributed by atoms with van der Waals surface area (Å²) in [7, 11) is -3.76. The molecule has 0 N–H and O–H groups in total. The summed E-state index contributed by atoms with van der Waals surface area (Å²) in [5, 5.41) is 0. The minimum absolute atomic E-state index is 0.134. The highest BCUT2D eigenvalue weighted by molar-refractivity contribution is 7.48. The third-order valence-electron chi connectivity index (χ3n) is 1.57. The van der Waals surface area contributed by atoms with Gasteiger partial charge in [-0.2, -0.15) is 0 Å². The Kier molecular flexibility index (Phi) is 7.78. The van der Waals surface area contributed by atoms with Crippen LogP contribution in [0.15, 0.2) is 24.8 Å². The lowest BCUT2D eigenvalue weighted by molar-refractivity contribution is -0.154. The smallest absolute Gasteiger partial charge is 0.428 e. The molecule has 0 bridgehead atoms. The van der Waals surface area contributed by atoms with Gasteiger partial charge in [0.2, 0.25) is 6.29 Å². The van der Waals surface area contributed by atoms with Crippen LogP contribution in [-0.4, -0.2) is 25.5 Å². The van der Waals surface area contributed by atoms with Gasteiger partial charge in [0.1, 0.15) is 0 Å². The number of carbonyl (C=O) groups excluding carboxylic acids is 1. The summed E-state index contributed by atoms with van der Waals surface area (Å²) in [5.74, 6) is -0.681. The van der Waals surface area contributed by atoms with Gasteiger partial charge in [-0.05, 0) is 26.8 Å². The number of phosphoric acid groups is 1. The van der Waals surface area contributed by atoms with E-state index in [4.69, 9.17) is 18.3 Å². The molecule has 0 aromatic rings. The first kappa shape index (κ1) is 17.1. The van der Waals surface area contributed by atoms with Gasteiger partial charge in [0.25, 0.3) is 0 Å². The molecule has 6 nitrogen and oxygen atoms in total. The summed E-state index contributed by atoms with van der Waals surface area (Å²) in [6, 6.07) is 0. The van der Waals surface area contributed by atoms with Crippen molar-refractivity contribution in [3.63, 3.8) is 0 Å². The second-order valence-corrected chi connectivity index (χ2v) is 4.80. The zero-order valence-corrected chi connectivity index (χ0v) is 11.8. The molecule has 0 aliphatic rings. The normalized spacial score (nSPS) is 12.8. The van der Waals surface area contributed by atoms with Crippen molar-refractivity contribution >= 4 is 13.8 Å². The summed E-state index contributed by atoms with van der Waals surface area (Å²) >= 11 is 0. The lowest BCUT2D eigenvalue weighted by atomic mass is 10.4. The third kappa shape index (κ3) is 6.12. The van der Waals surface area contributed by atoms with Crippen molar-refractivity contribution in [2.75, 3.05) is 13.2 Å². The highest BCUT2D eigenvalue weighted by atomic mass is 31.2. The first-order chi connectivity index (χ1) is 8.38. The molecular weight excluding hydrogens is 259 g/mol. The molecule has 0 rings (SSSR count). The molecule has 0 aliphatic carbocycles. The summed E-state index contributed by atoms with van der Waals surface area (Å²) in [4.78, 5) is 11.3. The predicted octanol–water partition coefficient (Wildman–Crippen LogP) is 2.82. The molecule has 0 amide bonds. The van der Waals surface area contributed by atoms with Gasteiger partial charge in [0, 0.05) is 5.57 Å². The lowest BCUT2D eigenvalue weighted by Gasteiger charge is -2.21. The molecule has 0 saturated carbocycles. The zero-order valence-electron chi connectivity index (χ0n) is 10.9. The SMILES string of the molecule is C=CC(OC(=O)C(=C)C)OP(=O)(OCC)OCC. The Balaban J connectivity index is 4.66. The van der Waals surface area contributed by atoms with Crippen LogP contribution < -0.4 is 0 Å². The van der Waals surface area contributed by atoms with E-state index in [1.54, 1.807) is 13.8 Å². The molecule has 7 heteroatoms. The van der Waals surface area contributed by atoms with Gasteiger partial charge >= 0.3 is 13.8 Å². The number of rotatable bonds is 9. The van der Waals surface area contributed by atoms with Gasteiger partial charge in [0.05, 0.1) is 13.2 Å². The van der Waals surface area contributed by atoms with Crippen LogP contribution in [0.4, 0.5) is 0 Å². The highest BCUT2D eigenvalue weighted by Gasteiger charge is 2.30. The molecule has 0 aromatic carbocycles. The monoisotopic (exact) mass is 278 g/mol. The van der Waals surface area contributed by atoms with Gasteiger partial charge in [-0.3, -0.25) is 9.05 Å². The van der Waals surface area contributed by atoms with E-state index in [-0.39, 0.29) is 18.8 Å². The largest absolute Gasteiger partial charge is 0.478 e. The van der Waals surface area contributed by atoms with Crippen molar-refractivity contribution in [3.8, 4) is 0 Å². The number of carbonyl (C=O) groups is 1. The van der Waals surface area contributed by atoms with Crippen LogP contribution in [-0.2, 0) is 27.7 Å². The van der Waals surface area contributed by atoms with Crippen molar-refractivity contribution < 1.29 is 27.7 Å². The van der Waals surface area contributed by atoms with Crippen molar-refractivity contribution in [2.45, 2.75) is 27.1 Å². The Morgan fingerprint density at radius 3 is 2.17 bits per heavy atom. The number of esters is 1. The Bertz CT molecular complexity index is 341. The third-order valence-corrected chi connectivity index (χ3v) is 3.19. The molecule has 0 saturated heterocycles. The molecule has 0 radical (unpaired) electrons. The van der Waals surface area contributed by atoms with Crippen molar-refractivity contribution in [2.24, 2.45) is 0 Å². The Morgan fingerprint density at radius 2 is 1.83 bits per heavy atom. The van der Waals surface area contributed by atoms with E-state index in [0.29, 0.717) is 0 Å². The molecule has 1 atom stereocenters. The second-order valence-electron chi connectivity index (χ2n) is 3.18. The van der Waals surface area contributed by atoms with Crippen LogP contribution in [0.5, 0.6) is 0 Å². The van der Waals surface area contributed by atoms with E-state index in [1.807, 2.05) is 0 Å². The van der Waals surface area contributed by atoms with E-state index in [2.05, 4.69) is 13.2 Å². The maximum atomic E-state index is 12.0. The fourth-order valence-corrected chi connectivity index (χ4v) is 2.07. The molecule has 0 fully saturated rings. The summed E-state index contributed by atoms with van der Waals surface area (Å²) in [6.45, 7) is 11.9.